The fourth-order valence-electron chi connectivity index (χ4n) is 2.07. The van der Waals surface area contributed by atoms with Crippen LogP contribution in [0.2, 0.25) is 0 Å². The van der Waals surface area contributed by atoms with Crippen LogP contribution < -0.4 is 0 Å². The second-order valence-corrected chi connectivity index (χ2v) is 4.87. The van der Waals surface area contributed by atoms with Crippen molar-refractivity contribution in [3.8, 4) is 0 Å². The van der Waals surface area contributed by atoms with Gasteiger partial charge in [0.25, 0.3) is 0 Å². The van der Waals surface area contributed by atoms with Gasteiger partial charge in [0.1, 0.15) is 0 Å². The first kappa shape index (κ1) is 17.3. The molecule has 0 aromatic carbocycles. The topological polar surface area (TPSA) is 40.6 Å². The Labute approximate surface area is 111 Å². The molecule has 0 aromatic rings. The molecular weight excluding hydrogens is 228 g/mol. The van der Waals surface area contributed by atoms with Crippen molar-refractivity contribution in [1.29, 1.82) is 0 Å². The SMILES string of the molecule is CCCN(CCC)CCCCN(C)CC(=O)C=O. The number of aldehydes is 1. The number of likely N-dealkylation sites (N-methyl/N-ethyl adjacent to an activating group) is 1. The number of carbonyl (C=O) groups is 2. The van der Waals surface area contributed by atoms with Crippen molar-refractivity contribution >= 4 is 12.1 Å². The first-order valence-corrected chi connectivity index (χ1v) is 7.02. The summed E-state index contributed by atoms with van der Waals surface area (Å²) in [6, 6.07) is 0. The normalized spacial score (nSPS) is 11.2. The standard InChI is InChI=1S/C14H28N2O2/c1-4-8-16(9-5-2)11-7-6-10-15(3)12-14(18)13-17/h13H,4-12H2,1-3H3. The molecule has 0 aromatic heterocycles. The number of ketones is 1. The molecular formula is C14H28N2O2. The minimum atomic E-state index is -0.337. The molecule has 0 atom stereocenters. The lowest BCUT2D eigenvalue weighted by atomic mass is 10.2. The van der Waals surface area contributed by atoms with Gasteiger partial charge in [-0.05, 0) is 58.9 Å². The lowest BCUT2D eigenvalue weighted by Gasteiger charge is -2.21. The molecule has 4 heteroatoms. The van der Waals surface area contributed by atoms with Crippen molar-refractivity contribution in [1.82, 2.24) is 9.80 Å². The van der Waals surface area contributed by atoms with Crippen molar-refractivity contribution in [2.45, 2.75) is 39.5 Å². The number of nitrogens with zero attached hydrogens (tertiary/aromatic N) is 2. The van der Waals surface area contributed by atoms with Crippen LogP contribution in [0.15, 0.2) is 0 Å². The molecule has 18 heavy (non-hydrogen) atoms. The van der Waals surface area contributed by atoms with Crippen molar-refractivity contribution in [2.24, 2.45) is 0 Å². The van der Waals surface area contributed by atoms with Crippen LogP contribution in [0.3, 0.4) is 0 Å². The van der Waals surface area contributed by atoms with Crippen LogP contribution in [0.25, 0.3) is 0 Å². The van der Waals surface area contributed by atoms with Gasteiger partial charge in [0.2, 0.25) is 5.78 Å². The predicted molar refractivity (Wildman–Crippen MR) is 74.8 cm³/mol. The van der Waals surface area contributed by atoms with E-state index >= 15 is 0 Å². The molecule has 0 fully saturated rings. The van der Waals surface area contributed by atoms with Gasteiger partial charge in [-0.25, -0.2) is 0 Å². The summed E-state index contributed by atoms with van der Waals surface area (Å²) in [7, 11) is 1.89. The number of unbranched alkanes of at least 4 members (excludes halogenated alkanes) is 1. The molecule has 0 bridgehead atoms. The van der Waals surface area contributed by atoms with E-state index in [1.165, 1.54) is 25.9 Å². The van der Waals surface area contributed by atoms with Crippen LogP contribution in [0, 0.1) is 0 Å². The molecule has 106 valence electrons. The Kier molecular flexibility index (Phi) is 10.9. The Balaban J connectivity index is 3.63. The quantitative estimate of drug-likeness (QED) is 0.302. The van der Waals surface area contributed by atoms with Gasteiger partial charge >= 0.3 is 0 Å². The molecule has 0 unspecified atom stereocenters. The second-order valence-electron chi connectivity index (χ2n) is 4.87. The first-order valence-electron chi connectivity index (χ1n) is 7.02. The van der Waals surface area contributed by atoms with E-state index in [9.17, 15) is 9.59 Å². The largest absolute Gasteiger partial charge is 0.303 e. The summed E-state index contributed by atoms with van der Waals surface area (Å²) in [5, 5.41) is 0. The van der Waals surface area contributed by atoms with Crippen LogP contribution >= 0.6 is 0 Å². The van der Waals surface area contributed by atoms with E-state index < -0.39 is 0 Å². The summed E-state index contributed by atoms with van der Waals surface area (Å²) in [4.78, 5) is 25.6. The van der Waals surface area contributed by atoms with Gasteiger partial charge < -0.3 is 4.90 Å². The molecule has 0 aliphatic carbocycles. The summed E-state index contributed by atoms with van der Waals surface area (Å²) in [5.74, 6) is -0.337. The Hall–Kier alpha value is -0.740. The highest BCUT2D eigenvalue weighted by molar-refractivity contribution is 6.25. The van der Waals surface area contributed by atoms with Gasteiger partial charge in [0, 0.05) is 0 Å². The molecule has 0 saturated heterocycles. The summed E-state index contributed by atoms with van der Waals surface area (Å²) >= 11 is 0. The Morgan fingerprint density at radius 2 is 1.56 bits per heavy atom. The van der Waals surface area contributed by atoms with Gasteiger partial charge in [-0.3, -0.25) is 14.5 Å². The van der Waals surface area contributed by atoms with Gasteiger partial charge in [-0.2, -0.15) is 0 Å². The van der Waals surface area contributed by atoms with E-state index in [0.29, 0.717) is 6.29 Å². The minimum Gasteiger partial charge on any atom is -0.303 e. The molecule has 0 N–H and O–H groups in total. The van der Waals surface area contributed by atoms with Gasteiger partial charge in [0.15, 0.2) is 6.29 Å². The molecule has 0 spiro atoms. The minimum absolute atomic E-state index is 0.247. The summed E-state index contributed by atoms with van der Waals surface area (Å²) < 4.78 is 0. The van der Waals surface area contributed by atoms with Crippen molar-refractivity contribution in [3.63, 3.8) is 0 Å². The van der Waals surface area contributed by atoms with Crippen LogP contribution in [-0.2, 0) is 9.59 Å². The smallest absolute Gasteiger partial charge is 0.209 e. The van der Waals surface area contributed by atoms with Crippen LogP contribution in [0.5, 0.6) is 0 Å². The van der Waals surface area contributed by atoms with Gasteiger partial charge in [-0.1, -0.05) is 13.8 Å². The zero-order valence-corrected chi connectivity index (χ0v) is 12.2. The van der Waals surface area contributed by atoms with E-state index in [-0.39, 0.29) is 12.3 Å². The van der Waals surface area contributed by atoms with E-state index in [1.54, 1.807) is 0 Å². The van der Waals surface area contributed by atoms with Gasteiger partial charge in [0.05, 0.1) is 6.54 Å². The third-order valence-electron chi connectivity index (χ3n) is 2.90. The first-order chi connectivity index (χ1) is 8.63. The van der Waals surface area contributed by atoms with Gasteiger partial charge in [-0.15, -0.1) is 0 Å². The number of hydrogen-bond donors (Lipinski definition) is 0. The van der Waals surface area contributed by atoms with Crippen LogP contribution in [0.1, 0.15) is 39.5 Å². The van der Waals surface area contributed by atoms with Crippen molar-refractivity contribution < 1.29 is 9.59 Å². The highest BCUT2D eigenvalue weighted by Gasteiger charge is 2.06. The molecule has 0 saturated carbocycles. The summed E-state index contributed by atoms with van der Waals surface area (Å²) in [6.45, 7) is 9.03. The van der Waals surface area contributed by atoms with Crippen LogP contribution in [0.4, 0.5) is 0 Å². The fraction of sp³-hybridized carbons (Fsp3) is 0.857. The maximum Gasteiger partial charge on any atom is 0.209 e. The average Bonchev–Trinajstić information content (AvgIpc) is 2.34. The van der Waals surface area contributed by atoms with E-state index in [0.717, 1.165) is 25.9 Å². The summed E-state index contributed by atoms with van der Waals surface area (Å²) in [6.07, 6.45) is 5.04. The lowest BCUT2D eigenvalue weighted by Crippen LogP contribution is -2.29. The third kappa shape index (κ3) is 9.31. The number of rotatable bonds is 12. The maximum atomic E-state index is 10.9. The van der Waals surface area contributed by atoms with Crippen molar-refractivity contribution in [2.75, 3.05) is 39.8 Å². The van der Waals surface area contributed by atoms with E-state index in [4.69, 9.17) is 0 Å². The highest BCUT2D eigenvalue weighted by atomic mass is 16.2. The number of hydrogen-bond acceptors (Lipinski definition) is 4. The fourth-order valence-corrected chi connectivity index (χ4v) is 2.07. The maximum absolute atomic E-state index is 10.9. The highest BCUT2D eigenvalue weighted by Crippen LogP contribution is 2.00. The molecule has 0 aliphatic rings. The molecule has 0 rings (SSSR count). The molecule has 0 heterocycles. The van der Waals surface area contributed by atoms with E-state index in [2.05, 4.69) is 18.7 Å². The molecule has 4 nitrogen and oxygen atoms in total. The monoisotopic (exact) mass is 256 g/mol. The Bertz CT molecular complexity index is 226. The van der Waals surface area contributed by atoms with Crippen LogP contribution in [-0.4, -0.2) is 61.6 Å². The molecule has 0 radical (unpaired) electrons. The van der Waals surface area contributed by atoms with Crippen molar-refractivity contribution in [3.05, 3.63) is 0 Å². The Morgan fingerprint density at radius 1 is 1.00 bits per heavy atom. The Morgan fingerprint density at radius 3 is 2.06 bits per heavy atom. The molecule has 0 amide bonds. The second kappa shape index (κ2) is 11.4. The lowest BCUT2D eigenvalue weighted by molar-refractivity contribution is -0.130. The molecule has 0 aliphatic heterocycles. The summed E-state index contributed by atoms with van der Waals surface area (Å²) in [5.41, 5.74) is 0. The predicted octanol–water partition coefficient (Wildman–Crippen LogP) is 1.59. The number of Topliss-reactive ketones (excluding diaryl/α,β-unsaturated/α-hetero) is 1. The number of carbonyl (C=O) groups excluding carboxylic acids is 2. The zero-order chi connectivity index (χ0) is 13.8. The zero-order valence-electron chi connectivity index (χ0n) is 12.2. The van der Waals surface area contributed by atoms with E-state index in [1.807, 2.05) is 11.9 Å². The third-order valence-corrected chi connectivity index (χ3v) is 2.90. The average molecular weight is 256 g/mol.